The lowest BCUT2D eigenvalue weighted by molar-refractivity contribution is 0.139. The van der Waals surface area contributed by atoms with Crippen molar-refractivity contribution in [2.45, 2.75) is 25.8 Å². The van der Waals surface area contributed by atoms with Crippen LogP contribution >= 0.6 is 27.5 Å². The molecule has 0 amide bonds. The minimum atomic E-state index is -0.307. The maximum Gasteiger partial charge on any atom is 0.139 e. The molecule has 0 aliphatic heterocycles. The van der Waals surface area contributed by atoms with E-state index in [0.29, 0.717) is 24.2 Å². The predicted octanol–water partition coefficient (Wildman–Crippen LogP) is 4.27. The van der Waals surface area contributed by atoms with Crippen molar-refractivity contribution in [1.82, 2.24) is 9.55 Å². The summed E-state index contributed by atoms with van der Waals surface area (Å²) in [5.74, 6) is 0.424. The van der Waals surface area contributed by atoms with E-state index in [1.54, 1.807) is 6.07 Å². The van der Waals surface area contributed by atoms with Crippen molar-refractivity contribution in [1.29, 1.82) is 0 Å². The first-order chi connectivity index (χ1) is 9.04. The monoisotopic (exact) mass is 348 g/mol. The molecule has 0 fully saturated rings. The molecule has 1 atom stereocenters. The Balaban J connectivity index is 2.49. The molecule has 6 heteroatoms. The molecule has 0 aliphatic carbocycles. The van der Waals surface area contributed by atoms with Gasteiger partial charge >= 0.3 is 0 Å². The number of benzene rings is 1. The van der Waals surface area contributed by atoms with E-state index in [1.807, 2.05) is 18.4 Å². The summed E-state index contributed by atoms with van der Waals surface area (Å²) >= 11 is 9.31. The van der Waals surface area contributed by atoms with Crippen LogP contribution < -0.4 is 0 Å². The van der Waals surface area contributed by atoms with E-state index in [4.69, 9.17) is 16.3 Å². The third kappa shape index (κ3) is 3.09. The Bertz CT molecular complexity index is 586. The van der Waals surface area contributed by atoms with Crippen molar-refractivity contribution >= 4 is 38.6 Å². The van der Waals surface area contributed by atoms with E-state index in [-0.39, 0.29) is 11.2 Å². The molecule has 1 unspecified atom stereocenters. The number of halogens is 3. The first kappa shape index (κ1) is 14.8. The SMILES string of the molecule is CCOCCn1c(C(C)Cl)nc2cc(Br)c(F)cc21. The molecule has 0 bridgehead atoms. The molecule has 0 spiro atoms. The van der Waals surface area contributed by atoms with Gasteiger partial charge in [0.05, 0.1) is 27.5 Å². The van der Waals surface area contributed by atoms with Gasteiger partial charge in [0.2, 0.25) is 0 Å². The summed E-state index contributed by atoms with van der Waals surface area (Å²) in [6.45, 7) is 5.60. The smallest absolute Gasteiger partial charge is 0.139 e. The Morgan fingerprint density at radius 2 is 2.26 bits per heavy atom. The molecule has 1 aromatic carbocycles. The molecule has 2 aromatic rings. The Kier molecular flexibility index (Phi) is 4.81. The minimum absolute atomic E-state index is 0.240. The van der Waals surface area contributed by atoms with Crippen LogP contribution in [0.2, 0.25) is 0 Å². The van der Waals surface area contributed by atoms with Crippen LogP contribution in [0.3, 0.4) is 0 Å². The van der Waals surface area contributed by atoms with Gasteiger partial charge in [-0.3, -0.25) is 0 Å². The first-order valence-electron chi connectivity index (χ1n) is 6.11. The average Bonchev–Trinajstić information content (AvgIpc) is 2.69. The Morgan fingerprint density at radius 1 is 1.53 bits per heavy atom. The Labute approximate surface area is 124 Å². The molecule has 0 aliphatic rings. The van der Waals surface area contributed by atoms with Gasteiger partial charge in [0, 0.05) is 19.2 Å². The number of ether oxygens (including phenoxy) is 1. The van der Waals surface area contributed by atoms with Crippen LogP contribution in [0, 0.1) is 5.82 Å². The number of aromatic nitrogens is 2. The highest BCUT2D eigenvalue weighted by Crippen LogP contribution is 2.28. The minimum Gasteiger partial charge on any atom is -0.380 e. The summed E-state index contributed by atoms with van der Waals surface area (Å²) in [6, 6.07) is 3.14. The van der Waals surface area contributed by atoms with E-state index in [0.717, 1.165) is 16.9 Å². The second-order valence-electron chi connectivity index (χ2n) is 4.19. The van der Waals surface area contributed by atoms with Gasteiger partial charge in [0.1, 0.15) is 11.6 Å². The van der Waals surface area contributed by atoms with Gasteiger partial charge < -0.3 is 9.30 Å². The Morgan fingerprint density at radius 3 is 2.89 bits per heavy atom. The highest BCUT2D eigenvalue weighted by Gasteiger charge is 2.16. The maximum absolute atomic E-state index is 13.7. The van der Waals surface area contributed by atoms with E-state index >= 15 is 0 Å². The lowest BCUT2D eigenvalue weighted by Crippen LogP contribution is -2.10. The number of fused-ring (bicyclic) bond motifs is 1. The Hall–Kier alpha value is -0.650. The normalized spacial score (nSPS) is 13.1. The van der Waals surface area contributed by atoms with Gasteiger partial charge in [-0.05, 0) is 35.8 Å². The number of rotatable bonds is 5. The number of nitrogens with zero attached hydrogens (tertiary/aromatic N) is 2. The first-order valence-corrected chi connectivity index (χ1v) is 7.34. The van der Waals surface area contributed by atoms with Gasteiger partial charge in [0.25, 0.3) is 0 Å². The van der Waals surface area contributed by atoms with Crippen LogP contribution in [-0.2, 0) is 11.3 Å². The fourth-order valence-electron chi connectivity index (χ4n) is 1.98. The summed E-state index contributed by atoms with van der Waals surface area (Å²) in [5, 5.41) is -0.240. The van der Waals surface area contributed by atoms with Crippen LogP contribution in [0.5, 0.6) is 0 Å². The summed E-state index contributed by atoms with van der Waals surface area (Å²) in [4.78, 5) is 4.47. The van der Waals surface area contributed by atoms with Crippen LogP contribution in [0.25, 0.3) is 11.0 Å². The molecule has 0 saturated heterocycles. The molecule has 104 valence electrons. The van der Waals surface area contributed by atoms with E-state index in [1.165, 1.54) is 6.07 Å². The predicted molar refractivity (Wildman–Crippen MR) is 78.2 cm³/mol. The van der Waals surface area contributed by atoms with Crippen molar-refractivity contribution in [3.05, 3.63) is 28.2 Å². The summed E-state index contributed by atoms with van der Waals surface area (Å²) in [7, 11) is 0. The van der Waals surface area contributed by atoms with Crippen molar-refractivity contribution in [3.63, 3.8) is 0 Å². The van der Waals surface area contributed by atoms with Crippen molar-refractivity contribution in [2.24, 2.45) is 0 Å². The molecule has 0 N–H and O–H groups in total. The van der Waals surface area contributed by atoms with E-state index in [2.05, 4.69) is 20.9 Å². The maximum atomic E-state index is 13.7. The fraction of sp³-hybridized carbons (Fsp3) is 0.462. The lowest BCUT2D eigenvalue weighted by atomic mass is 10.3. The number of hydrogen-bond donors (Lipinski definition) is 0. The zero-order chi connectivity index (χ0) is 14.0. The van der Waals surface area contributed by atoms with Crippen LogP contribution in [-0.4, -0.2) is 22.8 Å². The van der Waals surface area contributed by atoms with Gasteiger partial charge in [-0.25, -0.2) is 9.37 Å². The number of alkyl halides is 1. The zero-order valence-corrected chi connectivity index (χ0v) is 13.1. The standard InChI is InChI=1S/C13H15BrClFN2O/c1-3-19-5-4-18-12-7-10(16)9(14)6-11(12)17-13(18)8(2)15/h6-8H,3-5H2,1-2H3. The second kappa shape index (κ2) is 6.20. The topological polar surface area (TPSA) is 27.1 Å². The molecule has 2 rings (SSSR count). The molecule has 1 aromatic heterocycles. The summed E-state index contributed by atoms with van der Waals surface area (Å²) in [5.41, 5.74) is 1.47. The molecular weight excluding hydrogens is 335 g/mol. The third-order valence-corrected chi connectivity index (χ3v) is 3.64. The molecule has 19 heavy (non-hydrogen) atoms. The largest absolute Gasteiger partial charge is 0.380 e. The highest BCUT2D eigenvalue weighted by atomic mass is 79.9. The van der Waals surface area contributed by atoms with E-state index < -0.39 is 0 Å². The van der Waals surface area contributed by atoms with Crippen molar-refractivity contribution < 1.29 is 9.13 Å². The number of imidazole rings is 1. The molecule has 0 saturated carbocycles. The number of hydrogen-bond acceptors (Lipinski definition) is 2. The van der Waals surface area contributed by atoms with Gasteiger partial charge in [-0.1, -0.05) is 0 Å². The summed E-state index contributed by atoms with van der Waals surface area (Å²) in [6.07, 6.45) is 0. The highest BCUT2D eigenvalue weighted by molar-refractivity contribution is 9.10. The fourth-order valence-corrected chi connectivity index (χ4v) is 2.48. The molecular formula is C13H15BrClFN2O. The van der Waals surface area contributed by atoms with Crippen LogP contribution in [0.1, 0.15) is 25.0 Å². The van der Waals surface area contributed by atoms with Gasteiger partial charge in [-0.2, -0.15) is 0 Å². The van der Waals surface area contributed by atoms with Crippen LogP contribution in [0.4, 0.5) is 4.39 Å². The quantitative estimate of drug-likeness (QED) is 0.595. The van der Waals surface area contributed by atoms with Crippen molar-refractivity contribution in [2.75, 3.05) is 13.2 Å². The molecule has 0 radical (unpaired) electrons. The second-order valence-corrected chi connectivity index (χ2v) is 5.70. The molecule has 3 nitrogen and oxygen atoms in total. The van der Waals surface area contributed by atoms with Gasteiger partial charge in [0.15, 0.2) is 0 Å². The summed E-state index contributed by atoms with van der Waals surface area (Å²) < 4.78 is 21.3. The van der Waals surface area contributed by atoms with Gasteiger partial charge in [-0.15, -0.1) is 11.6 Å². The van der Waals surface area contributed by atoms with Crippen LogP contribution in [0.15, 0.2) is 16.6 Å². The zero-order valence-electron chi connectivity index (χ0n) is 10.8. The molecule has 1 heterocycles. The third-order valence-electron chi connectivity index (χ3n) is 2.84. The average molecular weight is 350 g/mol. The lowest BCUT2D eigenvalue weighted by Gasteiger charge is -2.10. The van der Waals surface area contributed by atoms with Crippen molar-refractivity contribution in [3.8, 4) is 0 Å². The van der Waals surface area contributed by atoms with E-state index in [9.17, 15) is 4.39 Å².